The summed E-state index contributed by atoms with van der Waals surface area (Å²) in [5.74, 6) is -0.127. The number of nitrogens with one attached hydrogen (secondary N) is 3. The number of ether oxygens (including phenoxy) is 1. The monoisotopic (exact) mass is 210 g/mol. The predicted octanol–water partition coefficient (Wildman–Crippen LogP) is -0.872. The highest BCUT2D eigenvalue weighted by molar-refractivity contribution is 5.93. The lowest BCUT2D eigenvalue weighted by molar-refractivity contribution is 0.0287. The van der Waals surface area contributed by atoms with Crippen molar-refractivity contribution in [2.75, 3.05) is 26.2 Å². The first-order valence-electron chi connectivity index (χ1n) is 4.95. The van der Waals surface area contributed by atoms with Crippen LogP contribution in [-0.4, -0.2) is 48.4 Å². The Bertz CT molecular complexity index is 306. The van der Waals surface area contributed by atoms with E-state index >= 15 is 0 Å². The molecule has 0 saturated carbocycles. The third kappa shape index (κ3) is 2.77. The molecule has 15 heavy (non-hydrogen) atoms. The van der Waals surface area contributed by atoms with Crippen LogP contribution in [0.1, 0.15) is 10.4 Å². The van der Waals surface area contributed by atoms with E-state index in [1.54, 1.807) is 6.20 Å². The Morgan fingerprint density at radius 1 is 1.73 bits per heavy atom. The standard InChI is InChI=1S/C9H14N4O2/c14-9(7-3-12-13-4-7)11-6-8-5-10-1-2-15-8/h3-4,8,10H,1-2,5-6H2,(H,11,14)(H,12,13). The molecule has 6 nitrogen and oxygen atoms in total. The number of morpholine rings is 1. The lowest BCUT2D eigenvalue weighted by atomic mass is 10.3. The predicted molar refractivity (Wildman–Crippen MR) is 53.5 cm³/mol. The Morgan fingerprint density at radius 3 is 3.33 bits per heavy atom. The maximum atomic E-state index is 11.5. The molecule has 1 unspecified atom stereocenters. The van der Waals surface area contributed by atoms with Crippen molar-refractivity contribution >= 4 is 5.91 Å². The van der Waals surface area contributed by atoms with Crippen molar-refractivity contribution in [3.63, 3.8) is 0 Å². The third-order valence-corrected chi connectivity index (χ3v) is 2.26. The van der Waals surface area contributed by atoms with Crippen molar-refractivity contribution in [1.82, 2.24) is 20.8 Å². The molecule has 2 rings (SSSR count). The largest absolute Gasteiger partial charge is 0.374 e. The summed E-state index contributed by atoms with van der Waals surface area (Å²) in [6, 6.07) is 0. The van der Waals surface area contributed by atoms with Gasteiger partial charge in [0.1, 0.15) is 0 Å². The highest BCUT2D eigenvalue weighted by Crippen LogP contribution is 1.96. The molecule has 6 heteroatoms. The lowest BCUT2D eigenvalue weighted by Gasteiger charge is -2.23. The highest BCUT2D eigenvalue weighted by Gasteiger charge is 2.14. The summed E-state index contributed by atoms with van der Waals surface area (Å²) in [5, 5.41) is 12.3. The van der Waals surface area contributed by atoms with Gasteiger partial charge < -0.3 is 15.4 Å². The van der Waals surface area contributed by atoms with E-state index in [9.17, 15) is 4.79 Å². The van der Waals surface area contributed by atoms with E-state index < -0.39 is 0 Å². The smallest absolute Gasteiger partial charge is 0.254 e. The summed E-state index contributed by atoms with van der Waals surface area (Å²) in [7, 11) is 0. The Morgan fingerprint density at radius 2 is 2.67 bits per heavy atom. The first-order valence-corrected chi connectivity index (χ1v) is 4.95. The summed E-state index contributed by atoms with van der Waals surface area (Å²) in [6.07, 6.45) is 3.12. The van der Waals surface area contributed by atoms with Gasteiger partial charge in [-0.15, -0.1) is 0 Å². The van der Waals surface area contributed by atoms with Crippen LogP contribution in [0, 0.1) is 0 Å². The molecule has 0 radical (unpaired) electrons. The van der Waals surface area contributed by atoms with Crippen LogP contribution in [0.15, 0.2) is 12.4 Å². The van der Waals surface area contributed by atoms with Gasteiger partial charge in [0.05, 0.1) is 24.5 Å². The van der Waals surface area contributed by atoms with Crippen LogP contribution >= 0.6 is 0 Å². The molecule has 1 aromatic heterocycles. The number of carbonyl (C=O) groups is 1. The van der Waals surface area contributed by atoms with Crippen molar-refractivity contribution in [2.45, 2.75) is 6.10 Å². The van der Waals surface area contributed by atoms with E-state index in [4.69, 9.17) is 4.74 Å². The lowest BCUT2D eigenvalue weighted by Crippen LogP contribution is -2.45. The van der Waals surface area contributed by atoms with E-state index in [1.165, 1.54) is 6.20 Å². The summed E-state index contributed by atoms with van der Waals surface area (Å²) in [5.41, 5.74) is 0.541. The summed E-state index contributed by atoms with van der Waals surface area (Å²) >= 11 is 0. The Kier molecular flexibility index (Phi) is 3.31. The van der Waals surface area contributed by atoms with Crippen LogP contribution in [0.2, 0.25) is 0 Å². The number of H-pyrrole nitrogens is 1. The van der Waals surface area contributed by atoms with Gasteiger partial charge in [0, 0.05) is 25.8 Å². The molecular formula is C9H14N4O2. The molecule has 1 fully saturated rings. The van der Waals surface area contributed by atoms with Crippen LogP contribution in [0.3, 0.4) is 0 Å². The van der Waals surface area contributed by atoms with Gasteiger partial charge in [-0.25, -0.2) is 0 Å². The summed E-state index contributed by atoms with van der Waals surface area (Å²) in [4.78, 5) is 11.5. The molecule has 1 saturated heterocycles. The van der Waals surface area contributed by atoms with E-state index in [1.807, 2.05) is 0 Å². The van der Waals surface area contributed by atoms with Crippen molar-refractivity contribution in [3.05, 3.63) is 18.0 Å². The van der Waals surface area contributed by atoms with Crippen molar-refractivity contribution in [3.8, 4) is 0 Å². The third-order valence-electron chi connectivity index (χ3n) is 2.26. The molecule has 1 aliphatic heterocycles. The number of hydrogen-bond acceptors (Lipinski definition) is 4. The topological polar surface area (TPSA) is 79.0 Å². The van der Waals surface area contributed by atoms with Gasteiger partial charge in [-0.2, -0.15) is 5.10 Å². The molecule has 3 N–H and O–H groups in total. The van der Waals surface area contributed by atoms with Gasteiger partial charge in [-0.05, 0) is 0 Å². The number of carbonyl (C=O) groups excluding carboxylic acids is 1. The zero-order chi connectivity index (χ0) is 10.5. The maximum absolute atomic E-state index is 11.5. The second kappa shape index (κ2) is 4.90. The minimum atomic E-state index is -0.127. The molecule has 0 bridgehead atoms. The van der Waals surface area contributed by atoms with E-state index in [-0.39, 0.29) is 12.0 Å². The SMILES string of the molecule is O=C(NCC1CNCCO1)c1cn[nH]c1. The first kappa shape index (κ1) is 10.1. The average molecular weight is 210 g/mol. The quantitative estimate of drug-likeness (QED) is 0.606. The van der Waals surface area contributed by atoms with Crippen LogP contribution in [0.25, 0.3) is 0 Å². The molecule has 1 atom stereocenters. The number of aromatic nitrogens is 2. The maximum Gasteiger partial charge on any atom is 0.254 e. The fraction of sp³-hybridized carbons (Fsp3) is 0.556. The minimum Gasteiger partial charge on any atom is -0.374 e. The highest BCUT2D eigenvalue weighted by atomic mass is 16.5. The number of amides is 1. The van der Waals surface area contributed by atoms with Crippen LogP contribution in [-0.2, 0) is 4.74 Å². The molecular weight excluding hydrogens is 196 g/mol. The Balaban J connectivity index is 1.75. The summed E-state index contributed by atoms with van der Waals surface area (Å²) < 4.78 is 5.45. The van der Waals surface area contributed by atoms with Crippen LogP contribution in [0.5, 0.6) is 0 Å². The molecule has 0 aliphatic carbocycles. The number of rotatable bonds is 3. The zero-order valence-electron chi connectivity index (χ0n) is 8.32. The number of hydrogen-bond donors (Lipinski definition) is 3. The second-order valence-corrected chi connectivity index (χ2v) is 3.39. The van der Waals surface area contributed by atoms with Gasteiger partial charge >= 0.3 is 0 Å². The van der Waals surface area contributed by atoms with E-state index in [0.29, 0.717) is 18.7 Å². The molecule has 82 valence electrons. The minimum absolute atomic E-state index is 0.0644. The van der Waals surface area contributed by atoms with Gasteiger partial charge in [-0.1, -0.05) is 0 Å². The number of aromatic amines is 1. The molecule has 2 heterocycles. The van der Waals surface area contributed by atoms with Crippen LogP contribution in [0.4, 0.5) is 0 Å². The zero-order valence-corrected chi connectivity index (χ0v) is 8.32. The molecule has 1 aliphatic rings. The van der Waals surface area contributed by atoms with Crippen molar-refractivity contribution in [1.29, 1.82) is 0 Å². The second-order valence-electron chi connectivity index (χ2n) is 3.39. The van der Waals surface area contributed by atoms with Gasteiger partial charge in [0.25, 0.3) is 5.91 Å². The van der Waals surface area contributed by atoms with Gasteiger partial charge in [0.15, 0.2) is 0 Å². The fourth-order valence-corrected chi connectivity index (χ4v) is 1.43. The number of nitrogens with zero attached hydrogens (tertiary/aromatic N) is 1. The normalized spacial score (nSPS) is 21.2. The molecule has 0 aromatic carbocycles. The van der Waals surface area contributed by atoms with Crippen molar-refractivity contribution < 1.29 is 9.53 Å². The fourth-order valence-electron chi connectivity index (χ4n) is 1.43. The van der Waals surface area contributed by atoms with Gasteiger partial charge in [0.2, 0.25) is 0 Å². The Labute approximate surface area is 87.4 Å². The van der Waals surface area contributed by atoms with Crippen molar-refractivity contribution in [2.24, 2.45) is 0 Å². The van der Waals surface area contributed by atoms with Gasteiger partial charge in [-0.3, -0.25) is 9.89 Å². The van der Waals surface area contributed by atoms with E-state index in [2.05, 4.69) is 20.8 Å². The van der Waals surface area contributed by atoms with E-state index in [0.717, 1.165) is 13.1 Å². The average Bonchev–Trinajstić information content (AvgIpc) is 2.81. The first-order chi connectivity index (χ1) is 7.36. The molecule has 1 aromatic rings. The summed E-state index contributed by atoms with van der Waals surface area (Å²) in [6.45, 7) is 2.89. The molecule has 1 amide bonds. The molecule has 0 spiro atoms. The van der Waals surface area contributed by atoms with Crippen LogP contribution < -0.4 is 10.6 Å². The Hall–Kier alpha value is -1.40.